The van der Waals surface area contributed by atoms with Crippen molar-refractivity contribution in [3.8, 4) is 0 Å². The first-order chi connectivity index (χ1) is 7.79. The molecule has 0 N–H and O–H groups in total. The zero-order valence-corrected chi connectivity index (χ0v) is 13.6. The Bertz CT molecular complexity index is 200. The predicted octanol–water partition coefficient (Wildman–Crippen LogP) is 3.91. The molecule has 0 aliphatic carbocycles. The van der Waals surface area contributed by atoms with Gasteiger partial charge in [0.1, 0.15) is 0 Å². The quantitative estimate of drug-likeness (QED) is 0.461. The summed E-state index contributed by atoms with van der Waals surface area (Å²) in [5.41, 5.74) is 0. The van der Waals surface area contributed by atoms with E-state index in [1.54, 1.807) is 0 Å². The number of rotatable bonds is 9. The Morgan fingerprint density at radius 2 is 1.47 bits per heavy atom. The molecule has 17 heavy (non-hydrogen) atoms. The molecule has 0 heterocycles. The van der Waals surface area contributed by atoms with Crippen molar-refractivity contribution < 1.29 is 8.85 Å². The maximum atomic E-state index is 6.04. The lowest BCUT2D eigenvalue weighted by atomic mass is 10.1. The van der Waals surface area contributed by atoms with Crippen molar-refractivity contribution in [2.75, 3.05) is 13.2 Å². The van der Waals surface area contributed by atoms with Gasteiger partial charge in [0.15, 0.2) is 0 Å². The van der Waals surface area contributed by atoms with Gasteiger partial charge in [-0.25, -0.2) is 0 Å². The van der Waals surface area contributed by atoms with Crippen LogP contribution >= 0.6 is 0 Å². The van der Waals surface area contributed by atoms with Gasteiger partial charge in [0.05, 0.1) is 0 Å². The summed E-state index contributed by atoms with van der Waals surface area (Å²) < 4.78 is 12.1. The summed E-state index contributed by atoms with van der Waals surface area (Å²) in [6.07, 6.45) is 2.93. The van der Waals surface area contributed by atoms with Gasteiger partial charge in [0, 0.05) is 18.3 Å². The first-order valence-corrected chi connectivity index (χ1v) is 8.15. The van der Waals surface area contributed by atoms with Crippen LogP contribution in [0.5, 0.6) is 0 Å². The summed E-state index contributed by atoms with van der Waals surface area (Å²) >= 11 is 0. The Labute approximate surface area is 109 Å². The van der Waals surface area contributed by atoms with Crippen LogP contribution in [-0.2, 0) is 8.85 Å². The summed E-state index contributed by atoms with van der Waals surface area (Å²) in [4.78, 5) is 0. The SMILES string of the molecule is C=CCC(C)(C)[SiH](OCC(C)C)OCC(C)C. The lowest BCUT2D eigenvalue weighted by molar-refractivity contribution is 0.145. The maximum absolute atomic E-state index is 6.04. The van der Waals surface area contributed by atoms with E-state index in [1.807, 2.05) is 6.08 Å². The van der Waals surface area contributed by atoms with Gasteiger partial charge in [-0.05, 0) is 18.3 Å². The molecular weight excluding hydrogens is 228 g/mol. The average molecular weight is 258 g/mol. The minimum Gasteiger partial charge on any atom is -0.396 e. The van der Waals surface area contributed by atoms with Crippen LogP contribution in [0.15, 0.2) is 12.7 Å². The van der Waals surface area contributed by atoms with Crippen molar-refractivity contribution in [1.29, 1.82) is 0 Å². The van der Waals surface area contributed by atoms with Crippen LogP contribution in [0.2, 0.25) is 5.04 Å². The number of hydrogen-bond acceptors (Lipinski definition) is 2. The third-order valence-corrected chi connectivity index (χ3v) is 4.97. The average Bonchev–Trinajstić information content (AvgIpc) is 2.15. The third kappa shape index (κ3) is 7.74. The Morgan fingerprint density at radius 3 is 1.76 bits per heavy atom. The van der Waals surface area contributed by atoms with Crippen LogP contribution < -0.4 is 0 Å². The Balaban J connectivity index is 4.41. The lowest BCUT2D eigenvalue weighted by Crippen LogP contribution is -2.36. The molecule has 0 aromatic rings. The van der Waals surface area contributed by atoms with E-state index in [2.05, 4.69) is 48.1 Å². The lowest BCUT2D eigenvalue weighted by Gasteiger charge is -2.32. The molecule has 102 valence electrons. The van der Waals surface area contributed by atoms with E-state index in [4.69, 9.17) is 8.85 Å². The molecule has 0 aromatic heterocycles. The van der Waals surface area contributed by atoms with Crippen LogP contribution in [0.4, 0.5) is 0 Å². The van der Waals surface area contributed by atoms with Crippen molar-refractivity contribution in [3.05, 3.63) is 12.7 Å². The molecule has 0 saturated heterocycles. The molecule has 0 spiro atoms. The van der Waals surface area contributed by atoms with Crippen molar-refractivity contribution in [2.45, 2.75) is 53.0 Å². The predicted molar refractivity (Wildman–Crippen MR) is 77.6 cm³/mol. The largest absolute Gasteiger partial charge is 0.396 e. The number of allylic oxidation sites excluding steroid dienone is 1. The topological polar surface area (TPSA) is 18.5 Å². The highest BCUT2D eigenvalue weighted by molar-refractivity contribution is 6.48. The van der Waals surface area contributed by atoms with Gasteiger partial charge in [-0.2, -0.15) is 0 Å². The highest BCUT2D eigenvalue weighted by Gasteiger charge is 2.33. The van der Waals surface area contributed by atoms with Crippen LogP contribution in [-0.4, -0.2) is 22.5 Å². The molecular formula is C14H30O2Si. The molecule has 0 fully saturated rings. The fourth-order valence-corrected chi connectivity index (χ4v) is 4.00. The zero-order valence-electron chi connectivity index (χ0n) is 12.5. The fraction of sp³-hybridized carbons (Fsp3) is 0.857. The van der Waals surface area contributed by atoms with Gasteiger partial charge in [-0.15, -0.1) is 6.58 Å². The van der Waals surface area contributed by atoms with Crippen LogP contribution in [0.3, 0.4) is 0 Å². The molecule has 0 atom stereocenters. The second kappa shape index (κ2) is 8.06. The summed E-state index contributed by atoms with van der Waals surface area (Å²) in [5, 5.41) is 0.117. The first kappa shape index (κ1) is 16.9. The van der Waals surface area contributed by atoms with E-state index in [9.17, 15) is 0 Å². The van der Waals surface area contributed by atoms with Crippen molar-refractivity contribution in [1.82, 2.24) is 0 Å². The number of hydrogen-bond donors (Lipinski definition) is 0. The first-order valence-electron chi connectivity index (χ1n) is 6.63. The standard InChI is InChI=1S/C14H30O2Si/c1-8-9-14(6,7)17(15-10-12(2)3)16-11-13(4)5/h8,12-13,17H,1,9-11H2,2-7H3. The van der Waals surface area contributed by atoms with Crippen LogP contribution in [0.1, 0.15) is 48.0 Å². The Hall–Kier alpha value is -0.123. The van der Waals surface area contributed by atoms with Crippen molar-refractivity contribution in [3.63, 3.8) is 0 Å². The van der Waals surface area contributed by atoms with Crippen LogP contribution in [0, 0.1) is 11.8 Å². The van der Waals surface area contributed by atoms with Gasteiger partial charge < -0.3 is 8.85 Å². The van der Waals surface area contributed by atoms with E-state index in [0.29, 0.717) is 11.8 Å². The second-order valence-electron chi connectivity index (χ2n) is 6.27. The summed E-state index contributed by atoms with van der Waals surface area (Å²) in [6.45, 7) is 18.6. The molecule has 3 heteroatoms. The molecule has 0 amide bonds. The van der Waals surface area contributed by atoms with Gasteiger partial charge in [0.25, 0.3) is 0 Å². The molecule has 0 radical (unpaired) electrons. The second-order valence-corrected chi connectivity index (χ2v) is 9.16. The third-order valence-electron chi connectivity index (χ3n) is 2.47. The smallest absolute Gasteiger partial charge is 0.327 e. The molecule has 0 unspecified atom stereocenters. The minimum atomic E-state index is -1.64. The highest BCUT2D eigenvalue weighted by atomic mass is 28.3. The maximum Gasteiger partial charge on any atom is 0.327 e. The molecule has 2 nitrogen and oxygen atoms in total. The van der Waals surface area contributed by atoms with Crippen LogP contribution in [0.25, 0.3) is 0 Å². The normalized spacial score (nSPS) is 12.8. The monoisotopic (exact) mass is 258 g/mol. The Morgan fingerprint density at radius 1 is 1.06 bits per heavy atom. The van der Waals surface area contributed by atoms with Gasteiger partial charge in [-0.1, -0.05) is 47.6 Å². The molecule has 0 rings (SSSR count). The summed E-state index contributed by atoms with van der Waals surface area (Å²) in [5.74, 6) is 1.12. The van der Waals surface area contributed by atoms with E-state index < -0.39 is 9.28 Å². The van der Waals surface area contributed by atoms with Crippen molar-refractivity contribution in [2.24, 2.45) is 11.8 Å². The fourth-order valence-electron chi connectivity index (χ4n) is 1.53. The molecule has 0 aliphatic heterocycles. The Kier molecular flexibility index (Phi) is 8.00. The molecule has 0 aromatic carbocycles. The molecule has 0 bridgehead atoms. The summed E-state index contributed by atoms with van der Waals surface area (Å²) in [6, 6.07) is 0. The van der Waals surface area contributed by atoms with E-state index in [0.717, 1.165) is 19.6 Å². The van der Waals surface area contributed by atoms with E-state index >= 15 is 0 Å². The van der Waals surface area contributed by atoms with Gasteiger partial charge >= 0.3 is 9.28 Å². The minimum absolute atomic E-state index is 0.117. The zero-order chi connectivity index (χ0) is 13.5. The summed E-state index contributed by atoms with van der Waals surface area (Å²) in [7, 11) is -1.64. The van der Waals surface area contributed by atoms with E-state index in [-0.39, 0.29) is 5.04 Å². The highest BCUT2D eigenvalue weighted by Crippen LogP contribution is 2.34. The van der Waals surface area contributed by atoms with Gasteiger partial charge in [0.2, 0.25) is 0 Å². The van der Waals surface area contributed by atoms with Gasteiger partial charge in [-0.3, -0.25) is 0 Å². The molecule has 0 saturated carbocycles. The van der Waals surface area contributed by atoms with E-state index in [1.165, 1.54) is 0 Å². The van der Waals surface area contributed by atoms with Crippen molar-refractivity contribution >= 4 is 9.28 Å². The molecule has 0 aliphatic rings.